The van der Waals surface area contributed by atoms with Gasteiger partial charge in [-0.2, -0.15) is 0 Å². The second-order valence-electron chi connectivity index (χ2n) is 24.0. The van der Waals surface area contributed by atoms with E-state index in [4.69, 9.17) is 0 Å². The molecule has 0 atom stereocenters. The van der Waals surface area contributed by atoms with Gasteiger partial charge in [0, 0.05) is 0 Å². The van der Waals surface area contributed by atoms with Crippen molar-refractivity contribution in [2.24, 2.45) is 29.6 Å². The molecule has 0 heterocycles. The minimum absolute atomic E-state index is 0.107. The van der Waals surface area contributed by atoms with E-state index in [0.717, 1.165) is 23.7 Å². The Morgan fingerprint density at radius 1 is 0.290 bits per heavy atom. The fraction of sp³-hybridized carbons (Fsp3) is 0.559. The van der Waals surface area contributed by atoms with Gasteiger partial charge in [-0.05, 0) is 168 Å². The summed E-state index contributed by atoms with van der Waals surface area (Å²) in [5, 5.41) is 0. The predicted octanol–water partition coefficient (Wildman–Crippen LogP) is 20.0. The third-order valence-corrected chi connectivity index (χ3v) is 19.1. The molecular formula is C68H95F. The van der Waals surface area contributed by atoms with Crippen molar-refractivity contribution in [1.82, 2.24) is 0 Å². The molecule has 0 radical (unpaired) electrons. The fourth-order valence-corrected chi connectivity index (χ4v) is 13.4. The quantitative estimate of drug-likeness (QED) is 0.131. The lowest BCUT2D eigenvalue weighted by Gasteiger charge is -2.46. The first kappa shape index (κ1) is 54.4. The molecule has 374 valence electrons. The number of halogens is 1. The van der Waals surface area contributed by atoms with Crippen LogP contribution in [0.5, 0.6) is 0 Å². The minimum atomic E-state index is -0.107. The minimum Gasteiger partial charge on any atom is -0.207 e. The summed E-state index contributed by atoms with van der Waals surface area (Å²) in [7, 11) is 0. The van der Waals surface area contributed by atoms with Gasteiger partial charge in [-0.3, -0.25) is 0 Å². The first-order valence-electron chi connectivity index (χ1n) is 28.1. The standard InChI is InChI=1S/C15H22.2C14H20.C13H18.C12H15F/c1-13(2)15(11-7-4-8-12-15)14-9-5-3-6-10-14;1-11(2)14(9-4-10-14)13-7-5-12(3)6-8-13;1-12(2)14(10-6-7-11-14)13-8-4-3-5-9-13;1-11(2)13(9-6-10-13)12-7-4-3-5-8-12;1-9(2)12(6-7-12)10-4-3-5-11(13)8-10/h3,5-6,9-10,13H,4,7-8,11-12H2,1-2H3;5-8,11H,4,9-10H2,1-3H3;3-5,8-9,12H,6-7,10-11H2,1-2H3;3-5,7-8,11H,6,9-10H2,1-2H3;3-5,8-9H,6-7H2,1-2H3. The van der Waals surface area contributed by atoms with Crippen molar-refractivity contribution in [2.45, 2.75) is 212 Å². The van der Waals surface area contributed by atoms with Gasteiger partial charge in [-0.25, -0.2) is 4.39 Å². The lowest BCUT2D eigenvalue weighted by molar-refractivity contribution is 0.169. The van der Waals surface area contributed by atoms with Gasteiger partial charge in [0.1, 0.15) is 5.82 Å². The lowest BCUT2D eigenvalue weighted by Crippen LogP contribution is -2.39. The second kappa shape index (κ2) is 24.4. The van der Waals surface area contributed by atoms with E-state index in [0.29, 0.717) is 33.0 Å². The largest absolute Gasteiger partial charge is 0.207 e. The predicted molar refractivity (Wildman–Crippen MR) is 298 cm³/mol. The molecule has 0 nitrogen and oxygen atoms in total. The normalized spacial score (nSPS) is 19.8. The second-order valence-corrected chi connectivity index (χ2v) is 24.0. The first-order chi connectivity index (χ1) is 33.1. The molecule has 5 fully saturated rings. The highest BCUT2D eigenvalue weighted by atomic mass is 19.1. The smallest absolute Gasteiger partial charge is 0.123 e. The number of benzene rings is 5. The van der Waals surface area contributed by atoms with Gasteiger partial charge in [-0.15, -0.1) is 0 Å². The van der Waals surface area contributed by atoms with Crippen LogP contribution in [-0.2, 0) is 27.1 Å². The van der Waals surface area contributed by atoms with Crippen LogP contribution in [0.25, 0.3) is 0 Å². The van der Waals surface area contributed by atoms with Crippen LogP contribution in [-0.4, -0.2) is 0 Å². The Hall–Kier alpha value is -3.97. The molecule has 69 heavy (non-hydrogen) atoms. The van der Waals surface area contributed by atoms with Crippen LogP contribution in [0.3, 0.4) is 0 Å². The van der Waals surface area contributed by atoms with Gasteiger partial charge in [0.2, 0.25) is 0 Å². The van der Waals surface area contributed by atoms with E-state index in [9.17, 15) is 4.39 Å². The van der Waals surface area contributed by atoms with Crippen molar-refractivity contribution in [3.05, 3.63) is 179 Å². The topological polar surface area (TPSA) is 0 Å². The van der Waals surface area contributed by atoms with Gasteiger partial charge >= 0.3 is 0 Å². The summed E-state index contributed by atoms with van der Waals surface area (Å²) in [6.07, 6.45) is 23.4. The number of aryl methyl sites for hydroxylation is 1. The van der Waals surface area contributed by atoms with E-state index in [-0.39, 0.29) is 5.82 Å². The van der Waals surface area contributed by atoms with E-state index in [1.807, 2.05) is 6.07 Å². The summed E-state index contributed by atoms with van der Waals surface area (Å²) in [5.74, 6) is 3.61. The lowest BCUT2D eigenvalue weighted by atomic mass is 9.58. The van der Waals surface area contributed by atoms with Crippen molar-refractivity contribution in [3.63, 3.8) is 0 Å². The zero-order chi connectivity index (χ0) is 49.7. The monoisotopic (exact) mass is 931 g/mol. The highest BCUT2D eigenvalue weighted by molar-refractivity contribution is 5.34. The molecule has 5 aliphatic carbocycles. The third-order valence-electron chi connectivity index (χ3n) is 19.1. The Labute approximate surface area is 423 Å². The maximum atomic E-state index is 13.0. The summed E-state index contributed by atoms with van der Waals surface area (Å²) in [5.41, 5.74) is 11.1. The van der Waals surface area contributed by atoms with Crippen molar-refractivity contribution in [2.75, 3.05) is 0 Å². The van der Waals surface area contributed by atoms with Gasteiger partial charge in [0.25, 0.3) is 0 Å². The van der Waals surface area contributed by atoms with Crippen molar-refractivity contribution in [3.8, 4) is 0 Å². The summed E-state index contributed by atoms with van der Waals surface area (Å²) in [6.45, 7) is 25.5. The molecule has 0 bridgehead atoms. The van der Waals surface area contributed by atoms with Gasteiger partial charge in [0.15, 0.2) is 0 Å². The Balaban J connectivity index is 0.000000142. The van der Waals surface area contributed by atoms with E-state index in [1.54, 1.807) is 28.3 Å². The van der Waals surface area contributed by atoms with Crippen molar-refractivity contribution in [1.29, 1.82) is 0 Å². The molecule has 0 aromatic heterocycles. The molecule has 0 aliphatic heterocycles. The summed E-state index contributed by atoms with van der Waals surface area (Å²) in [4.78, 5) is 0. The Morgan fingerprint density at radius 3 is 0.841 bits per heavy atom. The molecule has 0 saturated heterocycles. The van der Waals surface area contributed by atoms with Crippen LogP contribution in [0.2, 0.25) is 0 Å². The number of rotatable bonds is 10. The summed E-state index contributed by atoms with van der Waals surface area (Å²) in [6, 6.07) is 49.5. The van der Waals surface area contributed by atoms with Crippen LogP contribution in [0.15, 0.2) is 140 Å². The van der Waals surface area contributed by atoms with Crippen LogP contribution >= 0.6 is 0 Å². The summed E-state index contributed by atoms with van der Waals surface area (Å²) < 4.78 is 13.0. The Kier molecular flexibility index (Phi) is 19.3. The molecule has 5 saturated carbocycles. The molecule has 1 heteroatoms. The molecule has 0 amide bonds. The summed E-state index contributed by atoms with van der Waals surface area (Å²) >= 11 is 0. The molecule has 5 aliphatic rings. The molecule has 0 unspecified atom stereocenters. The zero-order valence-electron chi connectivity index (χ0n) is 45.6. The van der Waals surface area contributed by atoms with Crippen LogP contribution in [0.4, 0.5) is 4.39 Å². The molecule has 0 N–H and O–H groups in total. The van der Waals surface area contributed by atoms with E-state index >= 15 is 0 Å². The van der Waals surface area contributed by atoms with Crippen molar-refractivity contribution >= 4 is 0 Å². The van der Waals surface area contributed by atoms with E-state index in [1.165, 1.54) is 126 Å². The average molecular weight is 932 g/mol. The van der Waals surface area contributed by atoms with Gasteiger partial charge in [-0.1, -0.05) is 247 Å². The number of hydrogen-bond acceptors (Lipinski definition) is 0. The van der Waals surface area contributed by atoms with Gasteiger partial charge in [0.05, 0.1) is 0 Å². The van der Waals surface area contributed by atoms with Crippen LogP contribution < -0.4 is 0 Å². The first-order valence-corrected chi connectivity index (χ1v) is 28.1. The zero-order valence-corrected chi connectivity index (χ0v) is 45.6. The Morgan fingerprint density at radius 2 is 0.565 bits per heavy atom. The van der Waals surface area contributed by atoms with Crippen LogP contribution in [0, 0.1) is 42.3 Å². The van der Waals surface area contributed by atoms with Gasteiger partial charge < -0.3 is 0 Å². The molecule has 5 aromatic carbocycles. The van der Waals surface area contributed by atoms with Crippen molar-refractivity contribution < 1.29 is 4.39 Å². The number of hydrogen-bond donors (Lipinski definition) is 0. The molecular weight excluding hydrogens is 836 g/mol. The molecule has 10 rings (SSSR count). The van der Waals surface area contributed by atoms with E-state index in [2.05, 4.69) is 197 Å². The maximum Gasteiger partial charge on any atom is 0.123 e. The highest BCUT2D eigenvalue weighted by Gasteiger charge is 2.47. The van der Waals surface area contributed by atoms with Crippen LogP contribution in [0.1, 0.15) is 212 Å². The third kappa shape index (κ3) is 12.6. The SMILES string of the molecule is CC(C)C1(c2cccc(F)c2)CC1.CC(C)C1(c2ccccc2)CCC1.CC(C)C1(c2ccccc2)CCCC1.CC(C)C1(c2ccccc2)CCCCC1.Cc1ccc(C2(C(C)C)CCC2)cc1. The molecule has 0 spiro atoms. The van der Waals surface area contributed by atoms with E-state index < -0.39 is 0 Å². The highest BCUT2D eigenvalue weighted by Crippen LogP contribution is 2.54. The Bertz CT molecular complexity index is 2200. The molecule has 5 aromatic rings. The average Bonchev–Trinajstić information content (AvgIpc) is 3.99. The fourth-order valence-electron chi connectivity index (χ4n) is 13.4. The maximum absolute atomic E-state index is 13.0.